The minimum Gasteiger partial charge on any atom is -0.483 e. The molecular formula is C29H34BrN5O4. The van der Waals surface area contributed by atoms with E-state index < -0.39 is 0 Å². The van der Waals surface area contributed by atoms with Crippen molar-refractivity contribution in [2.45, 2.75) is 38.0 Å². The third-order valence-corrected chi connectivity index (χ3v) is 7.84. The maximum absolute atomic E-state index is 13.7. The number of aromatic nitrogens is 2. The number of anilines is 1. The van der Waals surface area contributed by atoms with Crippen molar-refractivity contribution >= 4 is 44.6 Å². The Morgan fingerprint density at radius 3 is 2.67 bits per heavy atom. The number of halogens is 1. The quantitative estimate of drug-likeness (QED) is 0.376. The number of rotatable bonds is 7. The highest BCUT2D eigenvalue weighted by Crippen LogP contribution is 2.32. The van der Waals surface area contributed by atoms with E-state index in [1.165, 1.54) is 11.1 Å². The summed E-state index contributed by atoms with van der Waals surface area (Å²) in [7, 11) is 3.89. The zero-order chi connectivity index (χ0) is 27.4. The zero-order valence-corrected chi connectivity index (χ0v) is 24.0. The molecule has 1 saturated heterocycles. The van der Waals surface area contributed by atoms with Gasteiger partial charge in [-0.3, -0.25) is 9.59 Å². The van der Waals surface area contributed by atoms with Gasteiger partial charge < -0.3 is 19.3 Å². The normalized spacial score (nSPS) is 16.6. The standard InChI is InChI=1S/C29H34BrN5O4/c1-33(2)23-10-8-21(26(17-23)39-19-27(36)34-12-14-38-15-13-34)18-31-35-28(20-6-4-3-5-7-20)32-25-11-9-22(30)16-24(25)29(35)37/h8-11,16-18,20H,3-7,12-15,19H2,1-2H3. The zero-order valence-electron chi connectivity index (χ0n) is 22.4. The van der Waals surface area contributed by atoms with Crippen LogP contribution in [0.2, 0.25) is 0 Å². The Balaban J connectivity index is 1.50. The Labute approximate surface area is 236 Å². The molecule has 5 rings (SSSR count). The van der Waals surface area contributed by atoms with E-state index in [0.717, 1.165) is 35.8 Å². The first kappa shape index (κ1) is 27.3. The molecule has 0 radical (unpaired) electrons. The van der Waals surface area contributed by atoms with E-state index in [1.54, 1.807) is 17.2 Å². The van der Waals surface area contributed by atoms with Gasteiger partial charge in [-0.05, 0) is 43.2 Å². The molecule has 206 valence electrons. The number of nitrogens with zero attached hydrogens (tertiary/aromatic N) is 5. The predicted molar refractivity (Wildman–Crippen MR) is 156 cm³/mol. The lowest BCUT2D eigenvalue weighted by Gasteiger charge is -2.27. The summed E-state index contributed by atoms with van der Waals surface area (Å²) in [4.78, 5) is 35.0. The molecule has 2 fully saturated rings. The molecule has 1 saturated carbocycles. The van der Waals surface area contributed by atoms with Gasteiger partial charge in [0, 0.05) is 54.9 Å². The van der Waals surface area contributed by atoms with Gasteiger partial charge in [0.05, 0.1) is 30.3 Å². The Bertz CT molecular complexity index is 1430. The van der Waals surface area contributed by atoms with Crippen molar-refractivity contribution in [2.75, 3.05) is 51.9 Å². The highest BCUT2D eigenvalue weighted by Gasteiger charge is 2.23. The van der Waals surface area contributed by atoms with Gasteiger partial charge in [-0.2, -0.15) is 9.78 Å². The maximum atomic E-state index is 13.7. The van der Waals surface area contributed by atoms with Crippen molar-refractivity contribution in [3.05, 3.63) is 62.6 Å². The molecule has 0 bridgehead atoms. The molecule has 2 aromatic carbocycles. The van der Waals surface area contributed by atoms with Crippen molar-refractivity contribution in [1.82, 2.24) is 14.6 Å². The van der Waals surface area contributed by atoms with Crippen LogP contribution in [-0.4, -0.2) is 73.7 Å². The van der Waals surface area contributed by atoms with Crippen LogP contribution in [0, 0.1) is 0 Å². The Hall–Kier alpha value is -3.24. The fourth-order valence-electron chi connectivity index (χ4n) is 5.10. The van der Waals surface area contributed by atoms with Gasteiger partial charge in [0.1, 0.15) is 11.6 Å². The fraction of sp³-hybridized carbons (Fsp3) is 0.448. The third kappa shape index (κ3) is 6.33. The summed E-state index contributed by atoms with van der Waals surface area (Å²) in [5, 5.41) is 5.19. The lowest BCUT2D eigenvalue weighted by atomic mass is 9.88. The van der Waals surface area contributed by atoms with Gasteiger partial charge in [-0.1, -0.05) is 35.2 Å². The van der Waals surface area contributed by atoms with E-state index in [-0.39, 0.29) is 24.0 Å². The summed E-state index contributed by atoms with van der Waals surface area (Å²) in [6.07, 6.45) is 7.03. The smallest absolute Gasteiger partial charge is 0.282 e. The largest absolute Gasteiger partial charge is 0.483 e. The van der Waals surface area contributed by atoms with Crippen LogP contribution < -0.4 is 15.2 Å². The lowest BCUT2D eigenvalue weighted by Crippen LogP contribution is -2.43. The van der Waals surface area contributed by atoms with Crippen LogP contribution in [0.5, 0.6) is 5.75 Å². The molecule has 1 aromatic heterocycles. The molecule has 0 atom stereocenters. The highest BCUT2D eigenvalue weighted by atomic mass is 79.9. The number of amides is 1. The molecule has 0 unspecified atom stereocenters. The van der Waals surface area contributed by atoms with Crippen molar-refractivity contribution in [3.63, 3.8) is 0 Å². The molecule has 2 aliphatic rings. The van der Waals surface area contributed by atoms with Crippen LogP contribution in [-0.2, 0) is 9.53 Å². The lowest BCUT2D eigenvalue weighted by molar-refractivity contribution is -0.137. The van der Waals surface area contributed by atoms with E-state index in [1.807, 2.05) is 49.3 Å². The third-order valence-electron chi connectivity index (χ3n) is 7.34. The second-order valence-corrected chi connectivity index (χ2v) is 11.1. The average molecular weight is 597 g/mol. The van der Waals surface area contributed by atoms with Crippen LogP contribution in [0.25, 0.3) is 10.9 Å². The maximum Gasteiger partial charge on any atom is 0.282 e. The molecule has 10 heteroatoms. The van der Waals surface area contributed by atoms with Crippen LogP contribution in [0.1, 0.15) is 49.4 Å². The molecule has 9 nitrogen and oxygen atoms in total. The predicted octanol–water partition coefficient (Wildman–Crippen LogP) is 4.39. The second-order valence-electron chi connectivity index (χ2n) is 10.2. The molecule has 1 aliphatic carbocycles. The molecule has 39 heavy (non-hydrogen) atoms. The van der Waals surface area contributed by atoms with Crippen LogP contribution in [0.4, 0.5) is 5.69 Å². The Morgan fingerprint density at radius 1 is 1.15 bits per heavy atom. The molecule has 0 N–H and O–H groups in total. The van der Waals surface area contributed by atoms with Gasteiger partial charge >= 0.3 is 0 Å². The van der Waals surface area contributed by atoms with Crippen molar-refractivity contribution in [3.8, 4) is 5.75 Å². The van der Waals surface area contributed by atoms with E-state index in [9.17, 15) is 9.59 Å². The molecule has 3 aromatic rings. The van der Waals surface area contributed by atoms with Crippen molar-refractivity contribution in [1.29, 1.82) is 0 Å². The first-order chi connectivity index (χ1) is 18.9. The summed E-state index contributed by atoms with van der Waals surface area (Å²) >= 11 is 3.47. The van der Waals surface area contributed by atoms with Gasteiger partial charge in [0.15, 0.2) is 6.61 Å². The first-order valence-corrected chi connectivity index (χ1v) is 14.3. The van der Waals surface area contributed by atoms with Gasteiger partial charge in [-0.15, -0.1) is 0 Å². The SMILES string of the molecule is CN(C)c1ccc(C=Nn2c(C3CCCCC3)nc3ccc(Br)cc3c2=O)c(OCC(=O)N2CCOCC2)c1. The number of ether oxygens (including phenoxy) is 2. The first-order valence-electron chi connectivity index (χ1n) is 13.5. The highest BCUT2D eigenvalue weighted by molar-refractivity contribution is 9.10. The minimum absolute atomic E-state index is 0.0865. The molecule has 2 heterocycles. The Kier molecular flexibility index (Phi) is 8.62. The number of hydrogen-bond acceptors (Lipinski definition) is 7. The molecule has 1 aliphatic heterocycles. The number of benzene rings is 2. The van der Waals surface area contributed by atoms with E-state index in [2.05, 4.69) is 21.0 Å². The summed E-state index contributed by atoms with van der Waals surface area (Å²) in [6, 6.07) is 11.3. The fourth-order valence-corrected chi connectivity index (χ4v) is 5.46. The second kappa shape index (κ2) is 12.3. The van der Waals surface area contributed by atoms with Crippen molar-refractivity contribution < 1.29 is 14.3 Å². The summed E-state index contributed by atoms with van der Waals surface area (Å²) in [6.45, 7) is 2.11. The van der Waals surface area contributed by atoms with Crippen LogP contribution in [0.3, 0.4) is 0 Å². The number of fused-ring (bicyclic) bond motifs is 1. The van der Waals surface area contributed by atoms with Gasteiger partial charge in [0.25, 0.3) is 11.5 Å². The van der Waals surface area contributed by atoms with Gasteiger partial charge in [0.2, 0.25) is 0 Å². The topological polar surface area (TPSA) is 89.3 Å². The number of morpholine rings is 1. The molecule has 0 spiro atoms. The Morgan fingerprint density at radius 2 is 1.92 bits per heavy atom. The number of carbonyl (C=O) groups excluding carboxylic acids is 1. The monoisotopic (exact) mass is 595 g/mol. The average Bonchev–Trinajstić information content (AvgIpc) is 2.96. The molecular weight excluding hydrogens is 562 g/mol. The summed E-state index contributed by atoms with van der Waals surface area (Å²) < 4.78 is 13.7. The van der Waals surface area contributed by atoms with Crippen LogP contribution in [0.15, 0.2) is 50.8 Å². The van der Waals surface area contributed by atoms with E-state index in [4.69, 9.17) is 14.5 Å². The van der Waals surface area contributed by atoms with E-state index >= 15 is 0 Å². The number of carbonyl (C=O) groups is 1. The summed E-state index contributed by atoms with van der Waals surface area (Å²) in [5.41, 5.74) is 2.08. The number of hydrogen-bond donors (Lipinski definition) is 0. The van der Waals surface area contributed by atoms with E-state index in [0.29, 0.717) is 54.3 Å². The van der Waals surface area contributed by atoms with Crippen molar-refractivity contribution in [2.24, 2.45) is 5.10 Å². The molecule has 1 amide bonds. The van der Waals surface area contributed by atoms with Crippen LogP contribution >= 0.6 is 15.9 Å². The minimum atomic E-state index is -0.201. The summed E-state index contributed by atoms with van der Waals surface area (Å²) in [5.74, 6) is 1.31. The van der Waals surface area contributed by atoms with Gasteiger partial charge in [-0.25, -0.2) is 4.98 Å².